The molecule has 1 aromatic rings. The van der Waals surface area contributed by atoms with Gasteiger partial charge in [-0.2, -0.15) is 5.26 Å². The van der Waals surface area contributed by atoms with Gasteiger partial charge in [0.15, 0.2) is 5.79 Å². The van der Waals surface area contributed by atoms with Crippen LogP contribution in [-0.4, -0.2) is 13.2 Å². The molecular weight excluding hydrogens is 238 g/mol. The predicted molar refractivity (Wildman–Crippen MR) is 73.5 cm³/mol. The number of unbranched alkanes of at least 4 members (excludes halogenated alkanes) is 2. The zero-order valence-electron chi connectivity index (χ0n) is 11.5. The van der Waals surface area contributed by atoms with E-state index in [1.807, 2.05) is 24.3 Å². The fourth-order valence-electron chi connectivity index (χ4n) is 2.44. The molecule has 2 rings (SSSR count). The average molecular weight is 259 g/mol. The fraction of sp³-hybridized carbons (Fsp3) is 0.562. The van der Waals surface area contributed by atoms with E-state index in [0.717, 1.165) is 38.0 Å². The van der Waals surface area contributed by atoms with Crippen LogP contribution in [0.1, 0.15) is 50.2 Å². The lowest BCUT2D eigenvalue weighted by atomic mass is 9.97. The van der Waals surface area contributed by atoms with E-state index in [2.05, 4.69) is 13.0 Å². The summed E-state index contributed by atoms with van der Waals surface area (Å²) in [6.45, 7) is 3.68. The molecule has 0 unspecified atom stereocenters. The summed E-state index contributed by atoms with van der Waals surface area (Å²) < 4.78 is 11.9. The smallest absolute Gasteiger partial charge is 0.194 e. The van der Waals surface area contributed by atoms with E-state index in [0.29, 0.717) is 5.56 Å². The number of nitriles is 1. The molecule has 1 aliphatic heterocycles. The van der Waals surface area contributed by atoms with Gasteiger partial charge in [-0.15, -0.1) is 0 Å². The number of rotatable bonds is 5. The van der Waals surface area contributed by atoms with Crippen molar-refractivity contribution in [1.82, 2.24) is 0 Å². The first-order valence-electron chi connectivity index (χ1n) is 7.09. The molecule has 3 heteroatoms. The molecule has 0 N–H and O–H groups in total. The van der Waals surface area contributed by atoms with Crippen molar-refractivity contribution in [3.05, 3.63) is 35.4 Å². The minimum Gasteiger partial charge on any atom is -0.346 e. The van der Waals surface area contributed by atoms with Gasteiger partial charge in [0.2, 0.25) is 0 Å². The highest BCUT2D eigenvalue weighted by Crippen LogP contribution is 2.35. The molecule has 3 nitrogen and oxygen atoms in total. The zero-order valence-corrected chi connectivity index (χ0v) is 11.5. The second-order valence-corrected chi connectivity index (χ2v) is 4.95. The van der Waals surface area contributed by atoms with Gasteiger partial charge in [-0.1, -0.05) is 31.9 Å². The van der Waals surface area contributed by atoms with Crippen LogP contribution in [0.2, 0.25) is 0 Å². The van der Waals surface area contributed by atoms with Crippen molar-refractivity contribution in [3.63, 3.8) is 0 Å². The SMILES string of the molecule is CCCCCC1(c2ccc(C#N)cc2)OCCCO1. The first-order chi connectivity index (χ1) is 9.30. The summed E-state index contributed by atoms with van der Waals surface area (Å²) in [7, 11) is 0. The number of nitrogens with zero attached hydrogens (tertiary/aromatic N) is 1. The maximum atomic E-state index is 8.86. The van der Waals surface area contributed by atoms with E-state index in [1.165, 1.54) is 12.8 Å². The third-order valence-electron chi connectivity index (χ3n) is 3.52. The molecule has 0 radical (unpaired) electrons. The van der Waals surface area contributed by atoms with E-state index in [1.54, 1.807) is 0 Å². The van der Waals surface area contributed by atoms with Gasteiger partial charge in [-0.3, -0.25) is 0 Å². The van der Waals surface area contributed by atoms with Crippen molar-refractivity contribution >= 4 is 0 Å². The van der Waals surface area contributed by atoms with Crippen molar-refractivity contribution < 1.29 is 9.47 Å². The van der Waals surface area contributed by atoms with Crippen LogP contribution in [0.3, 0.4) is 0 Å². The van der Waals surface area contributed by atoms with Crippen molar-refractivity contribution in [2.45, 2.75) is 44.8 Å². The maximum Gasteiger partial charge on any atom is 0.194 e. The van der Waals surface area contributed by atoms with Crippen molar-refractivity contribution in [3.8, 4) is 6.07 Å². The third-order valence-corrected chi connectivity index (χ3v) is 3.52. The van der Waals surface area contributed by atoms with E-state index < -0.39 is 5.79 Å². The van der Waals surface area contributed by atoms with Crippen molar-refractivity contribution in [2.75, 3.05) is 13.2 Å². The lowest BCUT2D eigenvalue weighted by molar-refractivity contribution is -0.280. The number of benzene rings is 1. The van der Waals surface area contributed by atoms with Gasteiger partial charge in [-0.05, 0) is 25.0 Å². The Kier molecular flexibility index (Phi) is 4.95. The van der Waals surface area contributed by atoms with Gasteiger partial charge in [-0.25, -0.2) is 0 Å². The van der Waals surface area contributed by atoms with Crippen molar-refractivity contribution in [1.29, 1.82) is 5.26 Å². The summed E-state index contributed by atoms with van der Waals surface area (Å²) in [4.78, 5) is 0. The van der Waals surface area contributed by atoms with E-state index in [-0.39, 0.29) is 0 Å². The van der Waals surface area contributed by atoms with Crippen molar-refractivity contribution in [2.24, 2.45) is 0 Å². The average Bonchev–Trinajstić information content (AvgIpc) is 2.49. The van der Waals surface area contributed by atoms with Crippen LogP contribution >= 0.6 is 0 Å². The molecule has 1 fully saturated rings. The molecule has 19 heavy (non-hydrogen) atoms. The Bertz CT molecular complexity index is 427. The summed E-state index contributed by atoms with van der Waals surface area (Å²) in [5, 5.41) is 8.86. The summed E-state index contributed by atoms with van der Waals surface area (Å²) in [5.41, 5.74) is 1.70. The molecular formula is C16H21NO2. The molecule has 1 heterocycles. The standard InChI is InChI=1S/C16H21NO2/c1-2-3-4-10-16(18-11-5-12-19-16)15-8-6-14(13-17)7-9-15/h6-9H,2-5,10-12H2,1H3. The van der Waals surface area contributed by atoms with Crippen LogP contribution in [0.5, 0.6) is 0 Å². The Labute approximate surface area is 115 Å². The Morgan fingerprint density at radius 2 is 1.84 bits per heavy atom. The Hall–Kier alpha value is -1.37. The van der Waals surface area contributed by atoms with Crippen LogP contribution in [-0.2, 0) is 15.3 Å². The maximum absolute atomic E-state index is 8.86. The lowest BCUT2D eigenvalue weighted by Crippen LogP contribution is -2.38. The topological polar surface area (TPSA) is 42.2 Å². The highest BCUT2D eigenvalue weighted by Gasteiger charge is 2.36. The molecule has 0 aliphatic carbocycles. The molecule has 0 amide bonds. The Morgan fingerprint density at radius 3 is 2.42 bits per heavy atom. The Balaban J connectivity index is 2.17. The third kappa shape index (κ3) is 3.34. The van der Waals surface area contributed by atoms with E-state index in [4.69, 9.17) is 14.7 Å². The second-order valence-electron chi connectivity index (χ2n) is 4.95. The molecule has 0 spiro atoms. The van der Waals surface area contributed by atoms with Gasteiger partial charge in [0, 0.05) is 12.0 Å². The Morgan fingerprint density at radius 1 is 1.16 bits per heavy atom. The van der Waals surface area contributed by atoms with E-state index in [9.17, 15) is 0 Å². The molecule has 1 aliphatic rings. The van der Waals surface area contributed by atoms with Crippen LogP contribution in [0.25, 0.3) is 0 Å². The molecule has 0 bridgehead atoms. The predicted octanol–water partition coefficient (Wildman–Crippen LogP) is 3.73. The summed E-state index contributed by atoms with van der Waals surface area (Å²) in [5.74, 6) is -0.596. The minimum atomic E-state index is -0.596. The minimum absolute atomic E-state index is 0.596. The zero-order chi connectivity index (χ0) is 13.6. The second kappa shape index (κ2) is 6.70. The highest BCUT2D eigenvalue weighted by atomic mass is 16.7. The number of ether oxygens (including phenoxy) is 2. The van der Waals surface area contributed by atoms with Gasteiger partial charge >= 0.3 is 0 Å². The summed E-state index contributed by atoms with van der Waals surface area (Å²) in [6, 6.07) is 9.71. The molecule has 0 aromatic heterocycles. The molecule has 1 saturated heterocycles. The first kappa shape index (κ1) is 14.0. The first-order valence-corrected chi connectivity index (χ1v) is 7.09. The highest BCUT2D eigenvalue weighted by molar-refractivity contribution is 5.33. The van der Waals surface area contributed by atoms with Gasteiger partial charge < -0.3 is 9.47 Å². The molecule has 1 aromatic carbocycles. The summed E-state index contributed by atoms with van der Waals surface area (Å²) in [6.07, 6.45) is 5.29. The van der Waals surface area contributed by atoms with Crippen LogP contribution in [0.4, 0.5) is 0 Å². The largest absolute Gasteiger partial charge is 0.346 e. The molecule has 0 saturated carbocycles. The van der Waals surface area contributed by atoms with Gasteiger partial charge in [0.1, 0.15) is 0 Å². The van der Waals surface area contributed by atoms with Crippen LogP contribution in [0, 0.1) is 11.3 Å². The molecule has 0 atom stereocenters. The van der Waals surface area contributed by atoms with E-state index >= 15 is 0 Å². The molecule has 102 valence electrons. The van der Waals surface area contributed by atoms with Gasteiger partial charge in [0.05, 0.1) is 24.8 Å². The lowest BCUT2D eigenvalue weighted by Gasteiger charge is -2.37. The van der Waals surface area contributed by atoms with Gasteiger partial charge in [0.25, 0.3) is 0 Å². The number of hydrogen-bond acceptors (Lipinski definition) is 3. The van der Waals surface area contributed by atoms with Crippen LogP contribution in [0.15, 0.2) is 24.3 Å². The summed E-state index contributed by atoms with van der Waals surface area (Å²) >= 11 is 0. The normalized spacial score (nSPS) is 17.9. The quantitative estimate of drug-likeness (QED) is 0.757. The number of hydrogen-bond donors (Lipinski definition) is 0. The monoisotopic (exact) mass is 259 g/mol. The van der Waals surface area contributed by atoms with Crippen LogP contribution < -0.4 is 0 Å². The fourth-order valence-corrected chi connectivity index (χ4v) is 2.44.